The molecule has 0 aliphatic heterocycles. The van der Waals surface area contributed by atoms with Crippen LogP contribution in [-0.2, 0) is 0 Å². The number of hydrogen-bond donors (Lipinski definition) is 0. The average Bonchev–Trinajstić information content (AvgIpc) is 2.77. The van der Waals surface area contributed by atoms with Crippen LogP contribution in [0.25, 0.3) is 11.3 Å². The normalized spacial score (nSPS) is 9.93. The Morgan fingerprint density at radius 3 is 3.07 bits per heavy atom. The zero-order chi connectivity index (χ0) is 10.7. The van der Waals surface area contributed by atoms with Crippen molar-refractivity contribution >= 4 is 5.69 Å². The summed E-state index contributed by atoms with van der Waals surface area (Å²) in [5.41, 5.74) is 1.34. The first kappa shape index (κ1) is 9.39. The summed E-state index contributed by atoms with van der Waals surface area (Å²) in [6.45, 7) is 0. The van der Waals surface area contributed by atoms with Crippen molar-refractivity contribution in [1.29, 1.82) is 0 Å². The average molecular weight is 204 g/mol. The van der Waals surface area contributed by atoms with Gasteiger partial charge in [0.15, 0.2) is 12.0 Å². The second-order valence-corrected chi connectivity index (χ2v) is 2.87. The van der Waals surface area contributed by atoms with Crippen LogP contribution in [0.4, 0.5) is 5.69 Å². The number of nitrogens with zero attached hydrogens (tertiary/aromatic N) is 2. The van der Waals surface area contributed by atoms with Crippen LogP contribution >= 0.6 is 0 Å². The molecule has 0 radical (unpaired) electrons. The van der Waals surface area contributed by atoms with E-state index in [1.54, 1.807) is 31.4 Å². The van der Waals surface area contributed by atoms with Gasteiger partial charge in [-0.3, -0.25) is 0 Å². The minimum absolute atomic E-state index is 0.184. The van der Waals surface area contributed by atoms with Gasteiger partial charge in [0.2, 0.25) is 0 Å². The molecule has 0 unspecified atom stereocenters. The van der Waals surface area contributed by atoms with Gasteiger partial charge in [0, 0.05) is 5.56 Å². The summed E-state index contributed by atoms with van der Waals surface area (Å²) in [5, 5.41) is 6.52. The minimum atomic E-state index is 0.184. The maximum Gasteiger partial charge on any atom is 0.175 e. The van der Waals surface area contributed by atoms with Crippen LogP contribution in [0.1, 0.15) is 0 Å². The van der Waals surface area contributed by atoms with Crippen LogP contribution in [0, 0.1) is 4.91 Å². The van der Waals surface area contributed by atoms with Gasteiger partial charge in [-0.05, 0) is 17.3 Å². The molecule has 2 rings (SSSR count). The van der Waals surface area contributed by atoms with Gasteiger partial charge >= 0.3 is 0 Å². The molecule has 0 amide bonds. The van der Waals surface area contributed by atoms with Crippen LogP contribution in [0.5, 0.6) is 5.75 Å². The molecule has 5 heteroatoms. The van der Waals surface area contributed by atoms with E-state index in [1.165, 1.54) is 6.26 Å². The lowest BCUT2D eigenvalue weighted by Crippen LogP contribution is -1.83. The topological polar surface area (TPSA) is 64.7 Å². The lowest BCUT2D eigenvalue weighted by molar-refractivity contribution is 0.414. The van der Waals surface area contributed by atoms with E-state index in [0.717, 1.165) is 5.56 Å². The third kappa shape index (κ3) is 1.71. The Morgan fingerprint density at radius 1 is 1.47 bits per heavy atom. The van der Waals surface area contributed by atoms with E-state index >= 15 is 0 Å². The highest BCUT2D eigenvalue weighted by molar-refractivity contribution is 5.71. The fraction of sp³-hybridized carbons (Fsp3) is 0.100. The lowest BCUT2D eigenvalue weighted by Gasteiger charge is -2.00. The first-order valence-electron chi connectivity index (χ1n) is 4.27. The third-order valence-corrected chi connectivity index (χ3v) is 1.99. The molecule has 0 fully saturated rings. The number of rotatable bonds is 3. The molecular weight excluding hydrogens is 196 g/mol. The summed E-state index contributed by atoms with van der Waals surface area (Å²) >= 11 is 0. The van der Waals surface area contributed by atoms with Gasteiger partial charge in [0.25, 0.3) is 0 Å². The Morgan fingerprint density at radius 2 is 2.33 bits per heavy atom. The van der Waals surface area contributed by atoms with Crippen molar-refractivity contribution in [3.05, 3.63) is 35.4 Å². The van der Waals surface area contributed by atoms with Crippen LogP contribution in [0.15, 0.2) is 40.2 Å². The Balaban J connectivity index is 2.48. The summed E-state index contributed by atoms with van der Waals surface area (Å²) in [5.74, 6) is 0.687. The summed E-state index contributed by atoms with van der Waals surface area (Å²) in [7, 11) is 1.57. The number of hydrogen-bond acceptors (Lipinski definition) is 5. The number of methoxy groups -OCH3 is 1. The van der Waals surface area contributed by atoms with Crippen molar-refractivity contribution in [2.75, 3.05) is 7.11 Å². The SMILES string of the molecule is COc1cccc(-c2nocc2N=O)c1. The smallest absolute Gasteiger partial charge is 0.175 e. The Kier molecular flexibility index (Phi) is 2.45. The molecule has 0 N–H and O–H groups in total. The molecule has 0 saturated heterocycles. The largest absolute Gasteiger partial charge is 0.497 e. The molecule has 1 aromatic heterocycles. The fourth-order valence-electron chi connectivity index (χ4n) is 1.27. The number of aromatic nitrogens is 1. The van der Waals surface area contributed by atoms with Crippen LogP contribution in [-0.4, -0.2) is 12.3 Å². The highest BCUT2D eigenvalue weighted by Gasteiger charge is 2.10. The second kappa shape index (κ2) is 3.91. The molecular formula is C10H8N2O3. The monoisotopic (exact) mass is 204 g/mol. The number of benzene rings is 1. The Labute approximate surface area is 85.6 Å². The van der Waals surface area contributed by atoms with E-state index in [9.17, 15) is 4.91 Å². The van der Waals surface area contributed by atoms with E-state index in [1.807, 2.05) is 0 Å². The molecule has 0 atom stereocenters. The highest BCUT2D eigenvalue weighted by Crippen LogP contribution is 2.30. The van der Waals surface area contributed by atoms with Gasteiger partial charge in [-0.25, -0.2) is 0 Å². The quantitative estimate of drug-likeness (QED) is 0.721. The third-order valence-electron chi connectivity index (χ3n) is 1.99. The molecule has 0 bridgehead atoms. The standard InChI is InChI=1S/C10H8N2O3/c1-14-8-4-2-3-7(5-8)10-9(11-13)6-15-12-10/h2-6H,1H3. The van der Waals surface area contributed by atoms with Crippen LogP contribution in [0.3, 0.4) is 0 Å². The molecule has 0 saturated carbocycles. The van der Waals surface area contributed by atoms with Gasteiger partial charge in [-0.2, -0.15) is 0 Å². The summed E-state index contributed by atoms with van der Waals surface area (Å²) < 4.78 is 9.74. The molecule has 0 spiro atoms. The van der Waals surface area contributed by atoms with Crippen molar-refractivity contribution in [1.82, 2.24) is 5.16 Å². The first-order chi connectivity index (χ1) is 7.35. The summed E-state index contributed by atoms with van der Waals surface area (Å²) in [6.07, 6.45) is 1.21. The molecule has 0 aliphatic carbocycles. The van der Waals surface area contributed by atoms with Gasteiger partial charge in [0.1, 0.15) is 11.4 Å². The van der Waals surface area contributed by atoms with Crippen molar-refractivity contribution < 1.29 is 9.26 Å². The molecule has 2 aromatic rings. The molecule has 0 aliphatic rings. The van der Waals surface area contributed by atoms with Crippen molar-refractivity contribution in [3.8, 4) is 17.0 Å². The first-order valence-corrected chi connectivity index (χ1v) is 4.27. The minimum Gasteiger partial charge on any atom is -0.497 e. The number of ether oxygens (including phenoxy) is 1. The van der Waals surface area contributed by atoms with E-state index in [4.69, 9.17) is 4.74 Å². The Hall–Kier alpha value is -2.17. The van der Waals surface area contributed by atoms with E-state index in [0.29, 0.717) is 11.4 Å². The lowest BCUT2D eigenvalue weighted by atomic mass is 10.1. The maximum atomic E-state index is 10.4. The van der Waals surface area contributed by atoms with E-state index in [-0.39, 0.29) is 5.69 Å². The van der Waals surface area contributed by atoms with E-state index < -0.39 is 0 Å². The van der Waals surface area contributed by atoms with Crippen molar-refractivity contribution in [2.45, 2.75) is 0 Å². The number of nitroso groups, excluding NO2 is 1. The van der Waals surface area contributed by atoms with Crippen molar-refractivity contribution in [3.63, 3.8) is 0 Å². The Bertz CT molecular complexity index is 479. The van der Waals surface area contributed by atoms with Gasteiger partial charge in [0.05, 0.1) is 7.11 Å². The zero-order valence-corrected chi connectivity index (χ0v) is 8.01. The van der Waals surface area contributed by atoms with Gasteiger partial charge in [-0.1, -0.05) is 17.3 Å². The predicted molar refractivity (Wildman–Crippen MR) is 53.9 cm³/mol. The molecule has 76 valence electrons. The highest BCUT2D eigenvalue weighted by atomic mass is 16.5. The van der Waals surface area contributed by atoms with Crippen molar-refractivity contribution in [2.24, 2.45) is 5.18 Å². The predicted octanol–water partition coefficient (Wildman–Crippen LogP) is 2.75. The molecule has 1 heterocycles. The van der Waals surface area contributed by atoms with Gasteiger partial charge < -0.3 is 9.26 Å². The fourth-order valence-corrected chi connectivity index (χ4v) is 1.27. The van der Waals surface area contributed by atoms with Crippen LogP contribution in [0.2, 0.25) is 0 Å². The summed E-state index contributed by atoms with van der Waals surface area (Å²) in [6, 6.07) is 7.16. The molecule has 1 aromatic carbocycles. The zero-order valence-electron chi connectivity index (χ0n) is 8.01. The second-order valence-electron chi connectivity index (χ2n) is 2.87. The molecule has 5 nitrogen and oxygen atoms in total. The summed E-state index contributed by atoms with van der Waals surface area (Å²) in [4.78, 5) is 10.4. The maximum absolute atomic E-state index is 10.4. The molecule has 15 heavy (non-hydrogen) atoms. The van der Waals surface area contributed by atoms with Crippen LogP contribution < -0.4 is 4.74 Å². The van der Waals surface area contributed by atoms with E-state index in [2.05, 4.69) is 14.9 Å². The van der Waals surface area contributed by atoms with Gasteiger partial charge in [-0.15, -0.1) is 4.91 Å².